The molecule has 0 aromatic carbocycles. The van der Waals surface area contributed by atoms with E-state index in [9.17, 15) is 9.59 Å². The topological polar surface area (TPSA) is 84.2 Å². The molecule has 140 valence electrons. The summed E-state index contributed by atoms with van der Waals surface area (Å²) < 4.78 is 1.62. The minimum atomic E-state index is 0.0276. The van der Waals surface area contributed by atoms with Crippen LogP contribution in [0.1, 0.15) is 39.0 Å². The Morgan fingerprint density at radius 3 is 2.54 bits per heavy atom. The normalized spacial score (nSPS) is 15.3. The van der Waals surface area contributed by atoms with E-state index in [2.05, 4.69) is 15.1 Å². The van der Waals surface area contributed by atoms with Crippen molar-refractivity contribution in [2.75, 3.05) is 20.1 Å². The van der Waals surface area contributed by atoms with Crippen LogP contribution in [0.2, 0.25) is 0 Å². The van der Waals surface area contributed by atoms with Gasteiger partial charge in [0.15, 0.2) is 0 Å². The third-order valence-electron chi connectivity index (χ3n) is 4.91. The summed E-state index contributed by atoms with van der Waals surface area (Å²) in [6, 6.07) is 0.143. The monoisotopic (exact) mass is 376 g/mol. The number of likely N-dealkylation sites (tertiary alicyclic amines) is 1. The Kier molecular flexibility index (Phi) is 5.36. The van der Waals surface area contributed by atoms with Crippen molar-refractivity contribution in [1.29, 1.82) is 0 Å². The lowest BCUT2D eigenvalue weighted by Gasteiger charge is -2.36. The fraction of sp³-hybridized carbons (Fsp3) is 0.588. The number of likely N-dealkylation sites (N-methyl/N-ethyl adjacent to an activating group) is 1. The Morgan fingerprint density at radius 1 is 1.31 bits per heavy atom. The van der Waals surface area contributed by atoms with Gasteiger partial charge in [-0.15, -0.1) is 11.3 Å². The largest absolute Gasteiger partial charge is 0.342 e. The number of carbonyl (C=O) groups excluding carboxylic acids is 2. The van der Waals surface area contributed by atoms with Crippen molar-refractivity contribution >= 4 is 23.2 Å². The Hall–Kier alpha value is -2.29. The molecule has 2 aromatic heterocycles. The average Bonchev–Trinajstić information content (AvgIpc) is 3.18. The summed E-state index contributed by atoms with van der Waals surface area (Å²) in [4.78, 5) is 38.0. The molecule has 3 heterocycles. The van der Waals surface area contributed by atoms with Crippen LogP contribution in [0.3, 0.4) is 0 Å². The molecule has 0 atom stereocenters. The molecule has 3 rings (SSSR count). The Bertz CT molecular complexity index is 806. The molecule has 8 nitrogen and oxygen atoms in total. The maximum absolute atomic E-state index is 12.7. The highest BCUT2D eigenvalue weighted by molar-refractivity contribution is 7.13. The maximum Gasteiger partial charge on any atom is 0.265 e. The molecule has 0 aliphatic carbocycles. The van der Waals surface area contributed by atoms with Crippen molar-refractivity contribution in [2.24, 2.45) is 7.05 Å². The number of thiazole rings is 1. The standard InChI is InChI=1S/C17H24N6O2S/c1-11-16(26-12(2)20-11)17(25)23-7-5-13(6-8-23)21(3)15(24)9-14-18-10-19-22(14)4/h10,13H,5-9H2,1-4H3. The smallest absolute Gasteiger partial charge is 0.265 e. The van der Waals surface area contributed by atoms with E-state index in [4.69, 9.17) is 0 Å². The van der Waals surface area contributed by atoms with Crippen molar-refractivity contribution < 1.29 is 9.59 Å². The van der Waals surface area contributed by atoms with Gasteiger partial charge in [-0.25, -0.2) is 9.97 Å². The van der Waals surface area contributed by atoms with Gasteiger partial charge >= 0.3 is 0 Å². The van der Waals surface area contributed by atoms with Crippen molar-refractivity contribution in [1.82, 2.24) is 29.5 Å². The predicted octanol–water partition coefficient (Wildman–Crippen LogP) is 1.19. The van der Waals surface area contributed by atoms with Crippen LogP contribution >= 0.6 is 11.3 Å². The molecule has 1 fully saturated rings. The molecule has 0 unspecified atom stereocenters. The Morgan fingerprint density at radius 2 is 2.00 bits per heavy atom. The first kappa shape index (κ1) is 18.5. The molecule has 0 bridgehead atoms. The van der Waals surface area contributed by atoms with E-state index in [1.165, 1.54) is 17.7 Å². The number of hydrogen-bond donors (Lipinski definition) is 0. The van der Waals surface area contributed by atoms with Gasteiger partial charge < -0.3 is 9.80 Å². The number of nitrogens with zero attached hydrogens (tertiary/aromatic N) is 6. The van der Waals surface area contributed by atoms with Gasteiger partial charge in [-0.2, -0.15) is 5.10 Å². The molecule has 2 aromatic rings. The third-order valence-corrected chi connectivity index (χ3v) is 5.97. The quantitative estimate of drug-likeness (QED) is 0.800. The number of carbonyl (C=O) groups is 2. The Balaban J connectivity index is 1.56. The number of hydrogen-bond acceptors (Lipinski definition) is 6. The van der Waals surface area contributed by atoms with Gasteiger partial charge in [0.05, 0.1) is 17.1 Å². The van der Waals surface area contributed by atoms with E-state index in [1.54, 1.807) is 16.6 Å². The highest BCUT2D eigenvalue weighted by atomic mass is 32.1. The summed E-state index contributed by atoms with van der Waals surface area (Å²) in [5, 5.41) is 4.91. The minimum absolute atomic E-state index is 0.0276. The van der Waals surface area contributed by atoms with Crippen LogP contribution in [0.15, 0.2) is 6.33 Å². The van der Waals surface area contributed by atoms with Crippen LogP contribution in [0.25, 0.3) is 0 Å². The van der Waals surface area contributed by atoms with E-state index >= 15 is 0 Å². The van der Waals surface area contributed by atoms with Gasteiger partial charge in [0, 0.05) is 33.2 Å². The van der Waals surface area contributed by atoms with Crippen LogP contribution in [0.4, 0.5) is 0 Å². The van der Waals surface area contributed by atoms with E-state index < -0.39 is 0 Å². The van der Waals surface area contributed by atoms with Crippen LogP contribution < -0.4 is 0 Å². The second-order valence-corrected chi connectivity index (χ2v) is 7.86. The molecule has 0 spiro atoms. The first-order chi connectivity index (χ1) is 12.4. The zero-order valence-electron chi connectivity index (χ0n) is 15.6. The fourth-order valence-electron chi connectivity index (χ4n) is 3.27. The van der Waals surface area contributed by atoms with Gasteiger partial charge in [0.2, 0.25) is 5.91 Å². The molecule has 1 aliphatic rings. The lowest BCUT2D eigenvalue weighted by molar-refractivity contribution is -0.132. The predicted molar refractivity (Wildman–Crippen MR) is 98.0 cm³/mol. The van der Waals surface area contributed by atoms with Crippen molar-refractivity contribution in [3.8, 4) is 0 Å². The summed E-state index contributed by atoms with van der Waals surface area (Å²) in [5.41, 5.74) is 0.801. The molecule has 0 N–H and O–H groups in total. The lowest BCUT2D eigenvalue weighted by Crippen LogP contribution is -2.47. The molecule has 1 aliphatic heterocycles. The first-order valence-electron chi connectivity index (χ1n) is 8.68. The minimum Gasteiger partial charge on any atom is -0.342 e. The van der Waals surface area contributed by atoms with Crippen LogP contribution in [-0.4, -0.2) is 67.5 Å². The zero-order valence-corrected chi connectivity index (χ0v) is 16.4. The SMILES string of the molecule is Cc1nc(C)c(C(=O)N2CCC(N(C)C(=O)Cc3ncnn3C)CC2)s1. The summed E-state index contributed by atoms with van der Waals surface area (Å²) in [7, 11) is 3.61. The molecule has 0 saturated carbocycles. The summed E-state index contributed by atoms with van der Waals surface area (Å²) in [6.07, 6.45) is 3.26. The number of amides is 2. The van der Waals surface area contributed by atoms with Crippen LogP contribution in [-0.2, 0) is 18.3 Å². The average molecular weight is 376 g/mol. The molecule has 1 saturated heterocycles. The summed E-state index contributed by atoms with van der Waals surface area (Å²) in [6.45, 7) is 5.10. The van der Waals surface area contributed by atoms with E-state index in [0.717, 1.165) is 28.4 Å². The highest BCUT2D eigenvalue weighted by Crippen LogP contribution is 2.23. The van der Waals surface area contributed by atoms with Crippen LogP contribution in [0.5, 0.6) is 0 Å². The van der Waals surface area contributed by atoms with Gasteiger partial charge in [-0.3, -0.25) is 14.3 Å². The Labute approximate surface area is 156 Å². The maximum atomic E-state index is 12.7. The first-order valence-corrected chi connectivity index (χ1v) is 9.50. The van der Waals surface area contributed by atoms with Crippen molar-refractivity contribution in [3.05, 3.63) is 27.7 Å². The third kappa shape index (κ3) is 3.77. The number of rotatable bonds is 4. The molecular weight excluding hydrogens is 352 g/mol. The summed E-state index contributed by atoms with van der Waals surface area (Å²) in [5.74, 6) is 0.741. The highest BCUT2D eigenvalue weighted by Gasteiger charge is 2.29. The van der Waals surface area contributed by atoms with E-state index in [0.29, 0.717) is 18.9 Å². The molecular formula is C17H24N6O2S. The van der Waals surface area contributed by atoms with Gasteiger partial charge in [-0.1, -0.05) is 0 Å². The molecule has 26 heavy (non-hydrogen) atoms. The molecule has 0 radical (unpaired) electrons. The van der Waals surface area contributed by atoms with Gasteiger partial charge in [0.25, 0.3) is 5.91 Å². The molecule has 2 amide bonds. The van der Waals surface area contributed by atoms with Crippen molar-refractivity contribution in [2.45, 2.75) is 39.2 Å². The fourth-order valence-corrected chi connectivity index (χ4v) is 4.16. The number of piperidine rings is 1. The summed E-state index contributed by atoms with van der Waals surface area (Å²) >= 11 is 1.45. The van der Waals surface area contributed by atoms with Gasteiger partial charge in [0.1, 0.15) is 17.0 Å². The lowest BCUT2D eigenvalue weighted by atomic mass is 10.0. The second kappa shape index (κ2) is 7.53. The van der Waals surface area contributed by atoms with Gasteiger partial charge in [-0.05, 0) is 26.7 Å². The van der Waals surface area contributed by atoms with E-state index in [-0.39, 0.29) is 24.3 Å². The second-order valence-electron chi connectivity index (χ2n) is 6.65. The number of aromatic nitrogens is 4. The van der Waals surface area contributed by atoms with Crippen LogP contribution in [0, 0.1) is 13.8 Å². The molecule has 9 heteroatoms. The zero-order chi connectivity index (χ0) is 18.8. The van der Waals surface area contributed by atoms with E-state index in [1.807, 2.05) is 25.8 Å². The number of aryl methyl sites for hydroxylation is 3. The van der Waals surface area contributed by atoms with Crippen molar-refractivity contribution in [3.63, 3.8) is 0 Å².